The lowest BCUT2D eigenvalue weighted by atomic mass is 10.0. The minimum Gasteiger partial charge on any atom is -0.256 e. The molecular weight excluding hydrogens is 362 g/mol. The lowest BCUT2D eigenvalue weighted by Crippen LogP contribution is -1.89. The fourth-order valence-electron chi connectivity index (χ4n) is 3.12. The van der Waals surface area contributed by atoms with Gasteiger partial charge in [0.2, 0.25) is 0 Å². The number of hydrogen-bond acceptors (Lipinski definition) is 1. The molecule has 0 aliphatic rings. The average molecular weight is 390 g/mol. The van der Waals surface area contributed by atoms with Crippen molar-refractivity contribution in [2.24, 2.45) is 0 Å². The van der Waals surface area contributed by atoms with E-state index in [-0.39, 0.29) is 0 Å². The molecule has 0 radical (unpaired) electrons. The third kappa shape index (κ3) is 5.42. The first-order valence-corrected chi connectivity index (χ1v) is 10.1. The Morgan fingerprint density at radius 3 is 2.07 bits per heavy atom. The molecule has 1 aromatic heterocycles. The zero-order valence-electron chi connectivity index (χ0n) is 17.7. The van der Waals surface area contributed by atoms with Crippen LogP contribution in [0.25, 0.3) is 22.3 Å². The molecule has 0 atom stereocenters. The Hall–Kier alpha value is -3.71. The Balaban J connectivity index is 1.70. The van der Waals surface area contributed by atoms with E-state index in [0.29, 0.717) is 0 Å². The summed E-state index contributed by atoms with van der Waals surface area (Å²) in [5, 5.41) is 0. The third-order valence-corrected chi connectivity index (χ3v) is 4.98. The average Bonchev–Trinajstić information content (AvgIpc) is 2.80. The van der Waals surface area contributed by atoms with Gasteiger partial charge in [-0.05, 0) is 59.4 Å². The quantitative estimate of drug-likeness (QED) is 0.374. The van der Waals surface area contributed by atoms with E-state index < -0.39 is 0 Å². The number of aromatic nitrogens is 1. The summed E-state index contributed by atoms with van der Waals surface area (Å²) >= 11 is 0. The molecule has 3 aromatic rings. The van der Waals surface area contributed by atoms with Crippen molar-refractivity contribution in [3.05, 3.63) is 139 Å². The van der Waals surface area contributed by atoms with E-state index in [1.807, 2.05) is 74.7 Å². The van der Waals surface area contributed by atoms with Gasteiger partial charge in [0.05, 0.1) is 5.69 Å². The number of pyridine rings is 1. The highest BCUT2D eigenvalue weighted by Crippen LogP contribution is 2.23. The second-order valence-corrected chi connectivity index (χ2v) is 7.12. The van der Waals surface area contributed by atoms with E-state index in [2.05, 4.69) is 60.6 Å². The van der Waals surface area contributed by atoms with E-state index in [0.717, 1.165) is 33.5 Å². The van der Waals surface area contributed by atoms with Gasteiger partial charge in [-0.15, -0.1) is 0 Å². The van der Waals surface area contributed by atoms with Crippen molar-refractivity contribution in [3.8, 4) is 11.1 Å². The van der Waals surface area contributed by atoms with Gasteiger partial charge in [-0.1, -0.05) is 98.1 Å². The van der Waals surface area contributed by atoms with Crippen molar-refractivity contribution >= 4 is 11.1 Å². The molecule has 0 spiro atoms. The Bertz CT molecular complexity index is 1100. The van der Waals surface area contributed by atoms with Gasteiger partial charge < -0.3 is 0 Å². The number of rotatable bonds is 7. The molecule has 1 heterocycles. The van der Waals surface area contributed by atoms with Crippen LogP contribution in [0.15, 0.2) is 128 Å². The second-order valence-electron chi connectivity index (χ2n) is 7.12. The highest BCUT2D eigenvalue weighted by atomic mass is 14.7. The first-order chi connectivity index (χ1) is 14.6. The summed E-state index contributed by atoms with van der Waals surface area (Å²) in [4.78, 5) is 4.59. The van der Waals surface area contributed by atoms with Crippen LogP contribution in [0, 0.1) is 0 Å². The zero-order valence-corrected chi connectivity index (χ0v) is 17.7. The molecule has 0 amide bonds. The van der Waals surface area contributed by atoms with Crippen LogP contribution in [0.3, 0.4) is 0 Å². The second kappa shape index (κ2) is 10.2. The van der Waals surface area contributed by atoms with Gasteiger partial charge in [-0.3, -0.25) is 4.98 Å². The summed E-state index contributed by atoms with van der Waals surface area (Å²) < 4.78 is 0. The van der Waals surface area contributed by atoms with Gasteiger partial charge in [-0.2, -0.15) is 0 Å². The van der Waals surface area contributed by atoms with Crippen LogP contribution in [-0.4, -0.2) is 4.98 Å². The normalized spacial score (nSPS) is 12.2. The highest BCUT2D eigenvalue weighted by molar-refractivity contribution is 5.76. The topological polar surface area (TPSA) is 12.9 Å². The number of allylic oxidation sites excluding steroid dienone is 8. The molecule has 148 valence electrons. The van der Waals surface area contributed by atoms with Gasteiger partial charge in [-0.25, -0.2) is 0 Å². The molecule has 0 fully saturated rings. The van der Waals surface area contributed by atoms with Crippen LogP contribution < -0.4 is 0 Å². The SMILES string of the molecule is C=C(/C=C\C(=C/C)c1ccccc1)/C(C)=C/C(=C)c1ccc(-c2ccccc2)cn1. The van der Waals surface area contributed by atoms with Crippen molar-refractivity contribution in [1.82, 2.24) is 4.98 Å². The van der Waals surface area contributed by atoms with Crippen LogP contribution in [0.1, 0.15) is 25.1 Å². The molecule has 2 aromatic carbocycles. The monoisotopic (exact) mass is 389 g/mol. The first kappa shape index (κ1) is 21.0. The van der Waals surface area contributed by atoms with Crippen LogP contribution in [0.4, 0.5) is 0 Å². The van der Waals surface area contributed by atoms with E-state index >= 15 is 0 Å². The van der Waals surface area contributed by atoms with Crippen molar-refractivity contribution in [2.75, 3.05) is 0 Å². The fourth-order valence-corrected chi connectivity index (χ4v) is 3.12. The number of nitrogens with zero attached hydrogens (tertiary/aromatic N) is 1. The lowest BCUT2D eigenvalue weighted by Gasteiger charge is -2.06. The minimum atomic E-state index is 0.865. The van der Waals surface area contributed by atoms with Gasteiger partial charge in [0.25, 0.3) is 0 Å². The Kier molecular flexibility index (Phi) is 7.13. The minimum absolute atomic E-state index is 0.865. The summed E-state index contributed by atoms with van der Waals surface area (Å²) in [6, 6.07) is 24.7. The Labute approximate surface area is 180 Å². The summed E-state index contributed by atoms with van der Waals surface area (Å²) in [7, 11) is 0. The molecule has 0 bridgehead atoms. The van der Waals surface area contributed by atoms with Crippen LogP contribution in [0.5, 0.6) is 0 Å². The summed E-state index contributed by atoms with van der Waals surface area (Å²) in [6.45, 7) is 12.5. The smallest absolute Gasteiger partial charge is 0.0696 e. The highest BCUT2D eigenvalue weighted by Gasteiger charge is 2.03. The van der Waals surface area contributed by atoms with Crippen LogP contribution in [0.2, 0.25) is 0 Å². The maximum absolute atomic E-state index is 4.59. The van der Waals surface area contributed by atoms with Crippen molar-refractivity contribution in [3.63, 3.8) is 0 Å². The van der Waals surface area contributed by atoms with E-state index in [1.54, 1.807) is 0 Å². The number of hydrogen-bond donors (Lipinski definition) is 0. The predicted molar refractivity (Wildman–Crippen MR) is 131 cm³/mol. The van der Waals surface area contributed by atoms with E-state index in [9.17, 15) is 0 Å². The molecule has 0 unspecified atom stereocenters. The standard InChI is InChI=1S/C29H27N/c1-5-25(26-12-8-6-9-13-26)17-16-22(2)23(3)20-24(4)29-19-18-28(21-30-29)27-14-10-7-11-15-27/h5-21H,2,4H2,1,3H3/b17-16-,23-20+,25-5+. The maximum Gasteiger partial charge on any atom is 0.0696 e. The lowest BCUT2D eigenvalue weighted by molar-refractivity contribution is 1.28. The van der Waals surface area contributed by atoms with Gasteiger partial charge in [0.15, 0.2) is 0 Å². The third-order valence-electron chi connectivity index (χ3n) is 4.98. The molecule has 3 rings (SSSR count). The Morgan fingerprint density at radius 2 is 1.47 bits per heavy atom. The molecule has 0 saturated carbocycles. The Morgan fingerprint density at radius 1 is 0.800 bits per heavy atom. The molecule has 0 aliphatic heterocycles. The van der Waals surface area contributed by atoms with Crippen LogP contribution >= 0.6 is 0 Å². The summed E-state index contributed by atoms with van der Waals surface area (Å²) in [5.74, 6) is 0. The van der Waals surface area contributed by atoms with Gasteiger partial charge in [0.1, 0.15) is 0 Å². The molecule has 1 heteroatoms. The molecule has 0 saturated heterocycles. The van der Waals surface area contributed by atoms with Crippen molar-refractivity contribution in [2.45, 2.75) is 13.8 Å². The first-order valence-electron chi connectivity index (χ1n) is 10.1. The number of benzene rings is 2. The van der Waals surface area contributed by atoms with E-state index in [1.165, 1.54) is 11.1 Å². The van der Waals surface area contributed by atoms with E-state index in [4.69, 9.17) is 0 Å². The largest absolute Gasteiger partial charge is 0.256 e. The summed E-state index contributed by atoms with van der Waals surface area (Å²) in [6.07, 6.45) is 10.2. The predicted octanol–water partition coefficient (Wildman–Crippen LogP) is 7.92. The molecule has 0 N–H and O–H groups in total. The maximum atomic E-state index is 4.59. The van der Waals surface area contributed by atoms with Crippen LogP contribution in [-0.2, 0) is 0 Å². The molecule has 1 nitrogen and oxygen atoms in total. The molecule has 0 aliphatic carbocycles. The molecule has 30 heavy (non-hydrogen) atoms. The van der Waals surface area contributed by atoms with Crippen molar-refractivity contribution in [1.29, 1.82) is 0 Å². The molecular formula is C29H27N. The van der Waals surface area contributed by atoms with Crippen molar-refractivity contribution < 1.29 is 0 Å². The van der Waals surface area contributed by atoms with Gasteiger partial charge >= 0.3 is 0 Å². The fraction of sp³-hybridized carbons (Fsp3) is 0.0690. The zero-order chi connectivity index (χ0) is 21.3. The van der Waals surface area contributed by atoms with Gasteiger partial charge in [0, 0.05) is 11.8 Å². The summed E-state index contributed by atoms with van der Waals surface area (Å²) in [5.41, 5.74) is 8.37.